The lowest BCUT2D eigenvalue weighted by Crippen LogP contribution is -2.17. The number of hydrogen-bond donors (Lipinski definition) is 2. The number of nitrogens with one attached hydrogen (secondary N) is 2. The zero-order valence-corrected chi connectivity index (χ0v) is 11.4. The Labute approximate surface area is 117 Å². The van der Waals surface area contributed by atoms with Crippen LogP contribution in [-0.2, 0) is 6.54 Å². The molecule has 19 heavy (non-hydrogen) atoms. The summed E-state index contributed by atoms with van der Waals surface area (Å²) in [6.07, 6.45) is 0. The quantitative estimate of drug-likeness (QED) is 0.898. The molecule has 4 heteroatoms. The first-order valence-electron chi connectivity index (χ1n) is 5.99. The Kier molecular flexibility index (Phi) is 4.42. The molecule has 0 radical (unpaired) electrons. The minimum absolute atomic E-state index is 0.0794. The number of carbonyl (C=O) groups excluding carboxylic acids is 1. The summed E-state index contributed by atoms with van der Waals surface area (Å²) in [6, 6.07) is 15.1. The number of rotatable bonds is 4. The van der Waals surface area contributed by atoms with E-state index in [-0.39, 0.29) is 5.91 Å². The number of amides is 1. The van der Waals surface area contributed by atoms with Crippen molar-refractivity contribution in [3.05, 3.63) is 64.7 Å². The van der Waals surface area contributed by atoms with Crippen molar-refractivity contribution in [3.8, 4) is 0 Å². The van der Waals surface area contributed by atoms with Gasteiger partial charge >= 0.3 is 0 Å². The van der Waals surface area contributed by atoms with Crippen molar-refractivity contribution in [1.82, 2.24) is 5.32 Å². The Morgan fingerprint density at radius 3 is 2.26 bits per heavy atom. The maximum Gasteiger partial charge on any atom is 0.251 e. The highest BCUT2D eigenvalue weighted by atomic mass is 35.5. The molecule has 0 atom stereocenters. The van der Waals surface area contributed by atoms with Crippen LogP contribution in [0.25, 0.3) is 0 Å². The van der Waals surface area contributed by atoms with Crippen LogP contribution in [0.15, 0.2) is 48.5 Å². The third kappa shape index (κ3) is 3.73. The lowest BCUT2D eigenvalue weighted by atomic mass is 10.2. The lowest BCUT2D eigenvalue weighted by Gasteiger charge is -2.07. The molecule has 1 amide bonds. The summed E-state index contributed by atoms with van der Waals surface area (Å²) in [6.45, 7) is 0.719. The van der Waals surface area contributed by atoms with Crippen LogP contribution in [-0.4, -0.2) is 13.0 Å². The molecular weight excluding hydrogens is 260 g/mol. The molecule has 0 aliphatic heterocycles. The average Bonchev–Trinajstić information content (AvgIpc) is 2.46. The summed E-state index contributed by atoms with van der Waals surface area (Å²) >= 11 is 5.83. The highest BCUT2D eigenvalue weighted by molar-refractivity contribution is 6.30. The number of anilines is 1. The Balaban J connectivity index is 1.96. The maximum absolute atomic E-state index is 11.4. The fraction of sp³-hybridized carbons (Fsp3) is 0.133. The van der Waals surface area contributed by atoms with Gasteiger partial charge in [-0.05, 0) is 42.0 Å². The van der Waals surface area contributed by atoms with Crippen LogP contribution in [0.4, 0.5) is 5.69 Å². The van der Waals surface area contributed by atoms with Crippen molar-refractivity contribution < 1.29 is 4.79 Å². The molecule has 98 valence electrons. The van der Waals surface area contributed by atoms with Crippen LogP contribution < -0.4 is 10.6 Å². The van der Waals surface area contributed by atoms with Crippen LogP contribution in [0.1, 0.15) is 15.9 Å². The van der Waals surface area contributed by atoms with Crippen molar-refractivity contribution in [1.29, 1.82) is 0 Å². The van der Waals surface area contributed by atoms with Crippen LogP contribution in [0, 0.1) is 0 Å². The summed E-state index contributed by atoms with van der Waals surface area (Å²) < 4.78 is 0. The smallest absolute Gasteiger partial charge is 0.251 e. The molecule has 0 aromatic heterocycles. The van der Waals surface area contributed by atoms with E-state index in [2.05, 4.69) is 10.6 Å². The minimum atomic E-state index is -0.0794. The van der Waals surface area contributed by atoms with E-state index in [0.717, 1.165) is 22.8 Å². The SMILES string of the molecule is CNC(=O)c1ccc(NCc2ccc(Cl)cc2)cc1. The molecule has 2 rings (SSSR count). The summed E-state index contributed by atoms with van der Waals surface area (Å²) in [5.74, 6) is -0.0794. The standard InChI is InChI=1S/C15H15ClN2O/c1-17-15(19)12-4-8-14(9-5-12)18-10-11-2-6-13(16)7-3-11/h2-9,18H,10H2,1H3,(H,17,19). The molecule has 0 saturated carbocycles. The van der Waals surface area contributed by atoms with Gasteiger partial charge in [-0.2, -0.15) is 0 Å². The van der Waals surface area contributed by atoms with Crippen molar-refractivity contribution in [3.63, 3.8) is 0 Å². The first kappa shape index (κ1) is 13.4. The fourth-order valence-corrected chi connectivity index (χ4v) is 1.82. The first-order valence-corrected chi connectivity index (χ1v) is 6.37. The number of benzene rings is 2. The van der Waals surface area contributed by atoms with E-state index in [0.29, 0.717) is 5.56 Å². The van der Waals surface area contributed by atoms with Crippen LogP contribution in [0.5, 0.6) is 0 Å². The molecule has 0 bridgehead atoms. The van der Waals surface area contributed by atoms with Gasteiger partial charge < -0.3 is 10.6 Å². The Bertz CT molecular complexity index is 549. The van der Waals surface area contributed by atoms with Gasteiger partial charge in [0.25, 0.3) is 5.91 Å². The van der Waals surface area contributed by atoms with Crippen LogP contribution in [0.2, 0.25) is 5.02 Å². The predicted octanol–water partition coefficient (Wildman–Crippen LogP) is 3.31. The number of carbonyl (C=O) groups is 1. The highest BCUT2D eigenvalue weighted by Gasteiger charge is 2.01. The van der Waals surface area contributed by atoms with Gasteiger partial charge in [-0.25, -0.2) is 0 Å². The molecule has 0 saturated heterocycles. The summed E-state index contributed by atoms with van der Waals surface area (Å²) in [4.78, 5) is 11.4. The van der Waals surface area contributed by atoms with E-state index in [1.807, 2.05) is 36.4 Å². The lowest BCUT2D eigenvalue weighted by molar-refractivity contribution is 0.0963. The van der Waals surface area contributed by atoms with E-state index in [9.17, 15) is 4.79 Å². The fourth-order valence-electron chi connectivity index (χ4n) is 1.69. The minimum Gasteiger partial charge on any atom is -0.381 e. The summed E-state index contributed by atoms with van der Waals surface area (Å²) in [5, 5.41) is 6.62. The molecule has 0 aliphatic rings. The van der Waals surface area contributed by atoms with Gasteiger partial charge in [0.15, 0.2) is 0 Å². The third-order valence-corrected chi connectivity index (χ3v) is 3.04. The zero-order chi connectivity index (χ0) is 13.7. The Morgan fingerprint density at radius 2 is 1.68 bits per heavy atom. The molecule has 2 aromatic rings. The summed E-state index contributed by atoms with van der Waals surface area (Å²) in [7, 11) is 1.62. The van der Waals surface area contributed by atoms with Gasteiger partial charge in [-0.1, -0.05) is 23.7 Å². The number of halogens is 1. The van der Waals surface area contributed by atoms with E-state index >= 15 is 0 Å². The second kappa shape index (κ2) is 6.25. The van der Waals surface area contributed by atoms with Crippen LogP contribution in [0.3, 0.4) is 0 Å². The topological polar surface area (TPSA) is 41.1 Å². The van der Waals surface area contributed by atoms with Crippen molar-refractivity contribution in [2.24, 2.45) is 0 Å². The van der Waals surface area contributed by atoms with Crippen LogP contribution >= 0.6 is 11.6 Å². The zero-order valence-electron chi connectivity index (χ0n) is 10.6. The maximum atomic E-state index is 11.4. The Hall–Kier alpha value is -2.00. The second-order valence-corrected chi connectivity index (χ2v) is 4.57. The molecule has 0 aliphatic carbocycles. The van der Waals surface area contributed by atoms with E-state index in [1.54, 1.807) is 19.2 Å². The van der Waals surface area contributed by atoms with Gasteiger partial charge in [0.1, 0.15) is 0 Å². The monoisotopic (exact) mass is 274 g/mol. The molecule has 0 unspecified atom stereocenters. The largest absolute Gasteiger partial charge is 0.381 e. The Morgan fingerprint density at radius 1 is 1.05 bits per heavy atom. The highest BCUT2D eigenvalue weighted by Crippen LogP contribution is 2.13. The second-order valence-electron chi connectivity index (χ2n) is 4.14. The molecular formula is C15H15ClN2O. The summed E-state index contributed by atoms with van der Waals surface area (Å²) in [5.41, 5.74) is 2.78. The van der Waals surface area contributed by atoms with Gasteiger partial charge in [0, 0.05) is 29.9 Å². The predicted molar refractivity (Wildman–Crippen MR) is 78.6 cm³/mol. The normalized spacial score (nSPS) is 10.0. The number of hydrogen-bond acceptors (Lipinski definition) is 2. The van der Waals surface area contributed by atoms with E-state index in [4.69, 9.17) is 11.6 Å². The molecule has 0 heterocycles. The van der Waals surface area contributed by atoms with Crippen molar-refractivity contribution in [2.45, 2.75) is 6.54 Å². The molecule has 2 aromatic carbocycles. The third-order valence-electron chi connectivity index (χ3n) is 2.78. The van der Waals surface area contributed by atoms with Gasteiger partial charge in [-0.15, -0.1) is 0 Å². The van der Waals surface area contributed by atoms with Gasteiger partial charge in [-0.3, -0.25) is 4.79 Å². The molecule has 0 spiro atoms. The molecule has 2 N–H and O–H groups in total. The van der Waals surface area contributed by atoms with Gasteiger partial charge in [0.2, 0.25) is 0 Å². The van der Waals surface area contributed by atoms with Gasteiger partial charge in [0.05, 0.1) is 0 Å². The van der Waals surface area contributed by atoms with E-state index < -0.39 is 0 Å². The molecule has 3 nitrogen and oxygen atoms in total. The molecule has 0 fully saturated rings. The average molecular weight is 275 g/mol. The van der Waals surface area contributed by atoms with Crippen molar-refractivity contribution >= 4 is 23.2 Å². The first-order chi connectivity index (χ1) is 9.19. The van der Waals surface area contributed by atoms with Crippen molar-refractivity contribution in [2.75, 3.05) is 12.4 Å². The van der Waals surface area contributed by atoms with E-state index in [1.165, 1.54) is 0 Å².